The monoisotopic (exact) mass is 482 g/mol. The molecule has 5 rings (SSSR count). The van der Waals surface area contributed by atoms with Crippen LogP contribution in [0.25, 0.3) is 0 Å². The number of anilines is 1. The lowest BCUT2D eigenvalue weighted by Gasteiger charge is -2.35. The van der Waals surface area contributed by atoms with Crippen molar-refractivity contribution in [1.29, 1.82) is 0 Å². The Hall–Kier alpha value is -3.17. The number of benzene rings is 1. The van der Waals surface area contributed by atoms with Gasteiger partial charge in [0.2, 0.25) is 5.91 Å². The van der Waals surface area contributed by atoms with Crippen molar-refractivity contribution >= 4 is 23.5 Å². The first-order valence-corrected chi connectivity index (χ1v) is 12.1. The number of fused-ring (bicyclic) bond motifs is 2. The Morgan fingerprint density at radius 3 is 2.63 bits per heavy atom. The third-order valence-corrected chi connectivity index (χ3v) is 7.35. The molecule has 9 nitrogen and oxygen atoms in total. The first-order chi connectivity index (χ1) is 17.0. The van der Waals surface area contributed by atoms with Gasteiger partial charge in [-0.25, -0.2) is 0 Å². The number of aliphatic hydroxyl groups is 1. The highest BCUT2D eigenvalue weighted by atomic mass is 16.6. The van der Waals surface area contributed by atoms with E-state index in [4.69, 9.17) is 19.3 Å². The van der Waals surface area contributed by atoms with Crippen molar-refractivity contribution in [3.63, 3.8) is 0 Å². The molecule has 1 spiro atoms. The molecule has 0 bridgehead atoms. The fraction of sp³-hybridized carbons (Fsp3) is 0.500. The van der Waals surface area contributed by atoms with Gasteiger partial charge in [-0.3, -0.25) is 14.4 Å². The predicted octanol–water partition coefficient (Wildman–Crippen LogP) is 1.45. The normalized spacial score (nSPS) is 31.5. The van der Waals surface area contributed by atoms with E-state index in [1.54, 1.807) is 41.2 Å². The number of nitrogens with zero attached hydrogens (tertiary/aromatic N) is 2. The molecule has 0 radical (unpaired) electrons. The second kappa shape index (κ2) is 9.47. The van der Waals surface area contributed by atoms with Gasteiger partial charge >= 0.3 is 5.97 Å². The van der Waals surface area contributed by atoms with Crippen LogP contribution in [0.1, 0.15) is 19.3 Å². The van der Waals surface area contributed by atoms with Crippen molar-refractivity contribution in [2.24, 2.45) is 11.8 Å². The third kappa shape index (κ3) is 3.83. The minimum atomic E-state index is -1.26. The van der Waals surface area contributed by atoms with Gasteiger partial charge in [0.15, 0.2) is 0 Å². The van der Waals surface area contributed by atoms with Crippen molar-refractivity contribution in [1.82, 2.24) is 4.90 Å². The topological polar surface area (TPSA) is 106 Å². The van der Waals surface area contributed by atoms with Gasteiger partial charge in [-0.05, 0) is 49.6 Å². The Balaban J connectivity index is 1.54. The van der Waals surface area contributed by atoms with Gasteiger partial charge in [0.05, 0.1) is 19.1 Å². The van der Waals surface area contributed by atoms with E-state index in [1.807, 2.05) is 24.3 Å². The van der Waals surface area contributed by atoms with Crippen LogP contribution in [0, 0.1) is 11.8 Å². The van der Waals surface area contributed by atoms with Crippen LogP contribution < -0.4 is 9.64 Å². The molecule has 2 saturated heterocycles. The Morgan fingerprint density at radius 1 is 1.09 bits per heavy atom. The lowest BCUT2D eigenvalue weighted by Crippen LogP contribution is -2.55. The fourth-order valence-corrected chi connectivity index (χ4v) is 5.77. The van der Waals surface area contributed by atoms with E-state index in [-0.39, 0.29) is 25.0 Å². The third-order valence-electron chi connectivity index (χ3n) is 7.35. The average molecular weight is 483 g/mol. The Bertz CT molecular complexity index is 1050. The number of unbranched alkanes of at least 4 members (excludes halogenated alkanes) is 2. The van der Waals surface area contributed by atoms with E-state index in [9.17, 15) is 14.4 Å². The van der Waals surface area contributed by atoms with Crippen molar-refractivity contribution < 1.29 is 33.7 Å². The summed E-state index contributed by atoms with van der Waals surface area (Å²) in [4.78, 5) is 44.1. The standard InChI is InChI=1S/C26H30N2O7/c1-33-18-10-8-17(9-11-18)27-14-6-12-26-21(20-19(35-26)7-5-16-34-25(20)32)23(30)28(22(26)24(27)31)13-3-2-4-15-29/h5-12,19-22,29H,2-4,13-16H2,1H3/t19-,20+,21+,22?,26+/m1/s1. The summed E-state index contributed by atoms with van der Waals surface area (Å²) < 4.78 is 17.1. The SMILES string of the molecule is COc1ccc(N2CC=C[C@]34O[C@@H]5C=CCOC(=O)[C@@H]5[C@H]3C(=O)N(CCCCCO)C4C2=O)cc1. The number of methoxy groups -OCH3 is 1. The lowest BCUT2D eigenvalue weighted by molar-refractivity contribution is -0.152. The highest BCUT2D eigenvalue weighted by Crippen LogP contribution is 2.53. The van der Waals surface area contributed by atoms with E-state index in [0.717, 1.165) is 0 Å². The van der Waals surface area contributed by atoms with Crippen LogP contribution in [-0.4, -0.2) is 79.0 Å². The van der Waals surface area contributed by atoms with E-state index in [2.05, 4.69) is 0 Å². The Labute approximate surface area is 203 Å². The van der Waals surface area contributed by atoms with Crippen LogP contribution >= 0.6 is 0 Å². The van der Waals surface area contributed by atoms with Crippen LogP contribution in [-0.2, 0) is 23.9 Å². The Kier molecular flexibility index (Phi) is 6.37. The molecule has 0 saturated carbocycles. The molecule has 1 unspecified atom stereocenters. The van der Waals surface area contributed by atoms with Crippen LogP contribution in [0.15, 0.2) is 48.6 Å². The molecule has 1 N–H and O–H groups in total. The number of carbonyl (C=O) groups excluding carboxylic acids is 3. The van der Waals surface area contributed by atoms with E-state index < -0.39 is 35.6 Å². The number of carbonyl (C=O) groups is 3. The predicted molar refractivity (Wildman–Crippen MR) is 126 cm³/mol. The summed E-state index contributed by atoms with van der Waals surface area (Å²) >= 11 is 0. The average Bonchev–Trinajstić information content (AvgIpc) is 3.16. The lowest BCUT2D eigenvalue weighted by atomic mass is 9.78. The molecule has 2 fully saturated rings. The summed E-state index contributed by atoms with van der Waals surface area (Å²) in [6.07, 6.45) is 8.47. The zero-order chi connectivity index (χ0) is 24.6. The number of hydrogen-bond donors (Lipinski definition) is 1. The molecule has 1 aromatic rings. The molecule has 2 amide bonds. The summed E-state index contributed by atoms with van der Waals surface area (Å²) in [5, 5.41) is 9.15. The molecular formula is C26H30N2O7. The molecule has 4 aliphatic rings. The highest BCUT2D eigenvalue weighted by Gasteiger charge is 2.71. The summed E-state index contributed by atoms with van der Waals surface area (Å²) in [6, 6.07) is 6.27. The number of likely N-dealkylation sites (tertiary alicyclic amines) is 1. The van der Waals surface area contributed by atoms with E-state index in [1.165, 1.54) is 0 Å². The number of rotatable bonds is 7. The number of esters is 1. The smallest absolute Gasteiger partial charge is 0.313 e. The van der Waals surface area contributed by atoms with Crippen molar-refractivity contribution in [2.75, 3.05) is 38.3 Å². The second-order valence-corrected chi connectivity index (χ2v) is 9.27. The molecule has 35 heavy (non-hydrogen) atoms. The molecular weight excluding hydrogens is 452 g/mol. The molecule has 1 aromatic carbocycles. The first-order valence-electron chi connectivity index (χ1n) is 12.1. The molecule has 4 aliphatic heterocycles. The van der Waals surface area contributed by atoms with Gasteiger partial charge in [0.25, 0.3) is 5.91 Å². The van der Waals surface area contributed by atoms with Crippen LogP contribution in [0.3, 0.4) is 0 Å². The minimum absolute atomic E-state index is 0.0713. The number of ether oxygens (including phenoxy) is 3. The highest BCUT2D eigenvalue weighted by molar-refractivity contribution is 6.05. The molecule has 5 atom stereocenters. The van der Waals surface area contributed by atoms with Gasteiger partial charge in [-0.2, -0.15) is 0 Å². The zero-order valence-electron chi connectivity index (χ0n) is 19.7. The minimum Gasteiger partial charge on any atom is -0.497 e. The van der Waals surface area contributed by atoms with Crippen molar-refractivity contribution in [3.05, 3.63) is 48.6 Å². The number of aliphatic hydroxyl groups excluding tert-OH is 1. The van der Waals surface area contributed by atoms with Crippen molar-refractivity contribution in [3.8, 4) is 5.75 Å². The summed E-state index contributed by atoms with van der Waals surface area (Å²) in [6.45, 7) is 0.852. The van der Waals surface area contributed by atoms with Gasteiger partial charge in [-0.15, -0.1) is 0 Å². The summed E-state index contributed by atoms with van der Waals surface area (Å²) in [7, 11) is 1.58. The molecule has 186 valence electrons. The zero-order valence-corrected chi connectivity index (χ0v) is 19.7. The number of cyclic esters (lactones) is 1. The first kappa shape index (κ1) is 23.6. The maximum atomic E-state index is 14.1. The molecule has 4 heterocycles. The molecule has 0 aromatic heterocycles. The van der Waals surface area contributed by atoms with Gasteiger partial charge in [0, 0.05) is 25.4 Å². The van der Waals surface area contributed by atoms with E-state index in [0.29, 0.717) is 43.8 Å². The maximum Gasteiger partial charge on any atom is 0.313 e. The largest absolute Gasteiger partial charge is 0.497 e. The van der Waals surface area contributed by atoms with Gasteiger partial charge in [-0.1, -0.05) is 18.2 Å². The molecule has 0 aliphatic carbocycles. The fourth-order valence-electron chi connectivity index (χ4n) is 5.77. The second-order valence-electron chi connectivity index (χ2n) is 9.27. The van der Waals surface area contributed by atoms with Crippen LogP contribution in [0.4, 0.5) is 5.69 Å². The Morgan fingerprint density at radius 2 is 1.89 bits per heavy atom. The van der Waals surface area contributed by atoms with Crippen molar-refractivity contribution in [2.45, 2.75) is 37.0 Å². The summed E-state index contributed by atoms with van der Waals surface area (Å²) in [5.74, 6) is -1.99. The number of amides is 2. The van der Waals surface area contributed by atoms with E-state index >= 15 is 0 Å². The quantitative estimate of drug-likeness (QED) is 0.356. The van der Waals surface area contributed by atoms with Crippen LogP contribution in [0.2, 0.25) is 0 Å². The van der Waals surface area contributed by atoms with Gasteiger partial charge in [0.1, 0.15) is 29.9 Å². The number of hydrogen-bond acceptors (Lipinski definition) is 7. The molecule has 9 heteroatoms. The van der Waals surface area contributed by atoms with Crippen LogP contribution in [0.5, 0.6) is 5.75 Å². The van der Waals surface area contributed by atoms with Gasteiger partial charge < -0.3 is 29.1 Å². The summed E-state index contributed by atoms with van der Waals surface area (Å²) in [5.41, 5.74) is -0.581. The maximum absolute atomic E-state index is 14.1.